The van der Waals surface area contributed by atoms with Crippen LogP contribution >= 0.6 is 0 Å². The van der Waals surface area contributed by atoms with Crippen LogP contribution in [0.3, 0.4) is 0 Å². The number of carboxylic acids is 1. The minimum absolute atomic E-state index is 0.340. The van der Waals surface area contributed by atoms with Gasteiger partial charge in [-0.3, -0.25) is 0 Å². The van der Waals surface area contributed by atoms with E-state index in [0.717, 1.165) is 27.5 Å². The first-order chi connectivity index (χ1) is 9.66. The molecule has 0 saturated carbocycles. The molecule has 0 unspecified atom stereocenters. The predicted octanol–water partition coefficient (Wildman–Crippen LogP) is 4.51. The third-order valence-electron chi connectivity index (χ3n) is 3.49. The highest BCUT2D eigenvalue weighted by Crippen LogP contribution is 2.31. The van der Waals surface area contributed by atoms with Crippen molar-refractivity contribution in [3.05, 3.63) is 71.8 Å². The Morgan fingerprint density at radius 1 is 0.900 bits per heavy atom. The highest BCUT2D eigenvalue weighted by atomic mass is 16.4. The summed E-state index contributed by atoms with van der Waals surface area (Å²) in [5, 5.41) is 11.6. The van der Waals surface area contributed by atoms with Gasteiger partial charge in [-0.2, -0.15) is 0 Å². The summed E-state index contributed by atoms with van der Waals surface area (Å²) in [5.41, 5.74) is 3.13. The molecule has 20 heavy (non-hydrogen) atoms. The van der Waals surface area contributed by atoms with Gasteiger partial charge in [-0.05, 0) is 34.9 Å². The third kappa shape index (κ3) is 2.05. The summed E-state index contributed by atoms with van der Waals surface area (Å²) >= 11 is 0. The van der Waals surface area contributed by atoms with Gasteiger partial charge in [0.1, 0.15) is 0 Å². The van der Waals surface area contributed by atoms with Crippen molar-refractivity contribution >= 4 is 16.7 Å². The molecule has 0 bridgehead atoms. The van der Waals surface area contributed by atoms with Gasteiger partial charge in [-0.1, -0.05) is 60.2 Å². The molecule has 0 atom stereocenters. The van der Waals surface area contributed by atoms with Crippen LogP contribution < -0.4 is 0 Å². The smallest absolute Gasteiger partial charge is 0.336 e. The fourth-order valence-corrected chi connectivity index (χ4v) is 2.53. The van der Waals surface area contributed by atoms with E-state index in [9.17, 15) is 9.90 Å². The van der Waals surface area contributed by atoms with Crippen molar-refractivity contribution in [2.24, 2.45) is 0 Å². The van der Waals surface area contributed by atoms with Crippen LogP contribution in [-0.2, 0) is 0 Å². The first-order valence-electron chi connectivity index (χ1n) is 6.49. The van der Waals surface area contributed by atoms with Crippen molar-refractivity contribution in [1.82, 2.24) is 0 Å². The number of rotatable bonds is 2. The number of benzene rings is 3. The maximum absolute atomic E-state index is 11.4. The third-order valence-corrected chi connectivity index (χ3v) is 3.49. The van der Waals surface area contributed by atoms with Crippen molar-refractivity contribution in [2.75, 3.05) is 0 Å². The zero-order valence-electron chi connectivity index (χ0n) is 11.1. The molecule has 0 aliphatic carbocycles. The predicted molar refractivity (Wildman–Crippen MR) is 81.1 cm³/mol. The Balaban J connectivity index is 2.36. The Kier molecular flexibility index (Phi) is 2.99. The van der Waals surface area contributed by atoms with Crippen LogP contribution in [0.25, 0.3) is 21.9 Å². The maximum atomic E-state index is 11.4. The second kappa shape index (κ2) is 4.82. The summed E-state index contributed by atoms with van der Waals surface area (Å²) in [7, 11) is 0. The van der Waals surface area contributed by atoms with Crippen molar-refractivity contribution in [3.63, 3.8) is 0 Å². The fraction of sp³-hybridized carbons (Fsp3) is 0.0556. The molecule has 0 heterocycles. The standard InChI is InChI=1S/C18H14O2/c1-12-9-10-16(18(19)20)17(11-12)15-8-4-6-13-5-2-3-7-14(13)15/h2-11H,1H3,(H,19,20). The van der Waals surface area contributed by atoms with Gasteiger partial charge in [-0.25, -0.2) is 4.79 Å². The van der Waals surface area contributed by atoms with Gasteiger partial charge in [0.15, 0.2) is 0 Å². The Morgan fingerprint density at radius 3 is 2.45 bits per heavy atom. The summed E-state index contributed by atoms with van der Waals surface area (Å²) in [5.74, 6) is -0.895. The van der Waals surface area contributed by atoms with E-state index >= 15 is 0 Å². The van der Waals surface area contributed by atoms with Gasteiger partial charge in [-0.15, -0.1) is 0 Å². The second-order valence-corrected chi connectivity index (χ2v) is 4.88. The zero-order valence-corrected chi connectivity index (χ0v) is 11.1. The molecule has 98 valence electrons. The van der Waals surface area contributed by atoms with E-state index in [1.165, 1.54) is 0 Å². The van der Waals surface area contributed by atoms with Crippen molar-refractivity contribution in [1.29, 1.82) is 0 Å². The van der Waals surface area contributed by atoms with Crippen LogP contribution in [0.4, 0.5) is 0 Å². The lowest BCUT2D eigenvalue weighted by molar-refractivity contribution is 0.0698. The molecule has 2 heteroatoms. The van der Waals surface area contributed by atoms with E-state index in [1.807, 2.05) is 61.5 Å². The quantitative estimate of drug-likeness (QED) is 0.737. The molecule has 0 fully saturated rings. The van der Waals surface area contributed by atoms with E-state index in [0.29, 0.717) is 5.56 Å². The number of carboxylic acid groups (broad SMARTS) is 1. The topological polar surface area (TPSA) is 37.3 Å². The molecule has 0 aliphatic heterocycles. The molecule has 0 spiro atoms. The van der Waals surface area contributed by atoms with Crippen LogP contribution in [0.5, 0.6) is 0 Å². The van der Waals surface area contributed by atoms with Crippen molar-refractivity contribution in [3.8, 4) is 11.1 Å². The summed E-state index contributed by atoms with van der Waals surface area (Å²) in [4.78, 5) is 11.4. The summed E-state index contributed by atoms with van der Waals surface area (Å²) in [6.07, 6.45) is 0. The molecular weight excluding hydrogens is 248 g/mol. The van der Waals surface area contributed by atoms with Crippen LogP contribution in [0.15, 0.2) is 60.7 Å². The number of aryl methyl sites for hydroxylation is 1. The van der Waals surface area contributed by atoms with Crippen LogP contribution in [-0.4, -0.2) is 11.1 Å². The first-order valence-corrected chi connectivity index (χ1v) is 6.49. The molecular formula is C18H14O2. The largest absolute Gasteiger partial charge is 0.478 e. The van der Waals surface area contributed by atoms with E-state index in [1.54, 1.807) is 6.07 Å². The highest BCUT2D eigenvalue weighted by molar-refractivity contribution is 6.03. The lowest BCUT2D eigenvalue weighted by atomic mass is 9.93. The molecule has 0 saturated heterocycles. The maximum Gasteiger partial charge on any atom is 0.336 e. The monoisotopic (exact) mass is 262 g/mol. The van der Waals surface area contributed by atoms with E-state index in [2.05, 4.69) is 0 Å². The SMILES string of the molecule is Cc1ccc(C(=O)O)c(-c2cccc3ccccc23)c1. The number of carbonyl (C=O) groups is 1. The van der Waals surface area contributed by atoms with Gasteiger partial charge < -0.3 is 5.11 Å². The van der Waals surface area contributed by atoms with E-state index in [-0.39, 0.29) is 0 Å². The summed E-state index contributed by atoms with van der Waals surface area (Å²) in [6.45, 7) is 1.97. The first kappa shape index (κ1) is 12.4. The molecule has 2 nitrogen and oxygen atoms in total. The summed E-state index contributed by atoms with van der Waals surface area (Å²) in [6, 6.07) is 19.4. The molecule has 0 amide bonds. The average Bonchev–Trinajstić information content (AvgIpc) is 2.46. The lowest BCUT2D eigenvalue weighted by Crippen LogP contribution is -2.00. The Bertz CT molecular complexity index is 798. The molecule has 0 aromatic heterocycles. The van der Waals surface area contributed by atoms with Crippen molar-refractivity contribution < 1.29 is 9.90 Å². The molecule has 3 aromatic rings. The molecule has 3 rings (SSSR count). The number of fused-ring (bicyclic) bond motifs is 1. The minimum atomic E-state index is -0.895. The van der Waals surface area contributed by atoms with E-state index < -0.39 is 5.97 Å². The minimum Gasteiger partial charge on any atom is -0.478 e. The number of aromatic carboxylic acids is 1. The Labute approximate surface area is 117 Å². The molecule has 0 radical (unpaired) electrons. The normalized spacial score (nSPS) is 10.7. The van der Waals surface area contributed by atoms with Crippen LogP contribution in [0.1, 0.15) is 15.9 Å². The fourth-order valence-electron chi connectivity index (χ4n) is 2.53. The highest BCUT2D eigenvalue weighted by Gasteiger charge is 2.13. The summed E-state index contributed by atoms with van der Waals surface area (Å²) < 4.78 is 0. The number of hydrogen-bond acceptors (Lipinski definition) is 1. The second-order valence-electron chi connectivity index (χ2n) is 4.88. The van der Waals surface area contributed by atoms with Gasteiger partial charge >= 0.3 is 5.97 Å². The van der Waals surface area contributed by atoms with Gasteiger partial charge in [0.25, 0.3) is 0 Å². The molecule has 0 aliphatic rings. The van der Waals surface area contributed by atoms with Gasteiger partial charge in [0, 0.05) is 0 Å². The number of hydrogen-bond donors (Lipinski definition) is 1. The molecule has 1 N–H and O–H groups in total. The zero-order chi connectivity index (χ0) is 14.1. The van der Waals surface area contributed by atoms with Crippen LogP contribution in [0.2, 0.25) is 0 Å². The average molecular weight is 262 g/mol. The van der Waals surface area contributed by atoms with E-state index in [4.69, 9.17) is 0 Å². The van der Waals surface area contributed by atoms with Crippen LogP contribution in [0, 0.1) is 6.92 Å². The molecule has 3 aromatic carbocycles. The lowest BCUT2D eigenvalue weighted by Gasteiger charge is -2.11. The Hall–Kier alpha value is -2.61. The van der Waals surface area contributed by atoms with Gasteiger partial charge in [0.2, 0.25) is 0 Å². The Morgan fingerprint density at radius 2 is 1.65 bits per heavy atom. The van der Waals surface area contributed by atoms with Gasteiger partial charge in [0.05, 0.1) is 5.56 Å². The van der Waals surface area contributed by atoms with Crippen molar-refractivity contribution in [2.45, 2.75) is 6.92 Å².